The fourth-order valence-electron chi connectivity index (χ4n) is 9.45. The maximum atomic E-state index is 14.0. The van der Waals surface area contributed by atoms with Crippen LogP contribution in [0.15, 0.2) is 11.6 Å². The molecule has 2 aliphatic heterocycles. The SMILES string of the molecule is CC1CC[C@@]2(OC1)O[C@H]1C[C@H]3[C@@H]4CCC5=CC(O)C(O)C[C@]5(C)[C@H]4CC(=O)[C@]3(C)[C@H]1[C@@H]2C. The van der Waals surface area contributed by atoms with Crippen molar-refractivity contribution in [3.8, 4) is 0 Å². The Balaban J connectivity index is 1.32. The van der Waals surface area contributed by atoms with Crippen LogP contribution in [0, 0.1) is 46.3 Å². The lowest BCUT2D eigenvalue weighted by molar-refractivity contribution is -0.272. The normalized spacial score (nSPS) is 59.2. The van der Waals surface area contributed by atoms with Crippen molar-refractivity contribution in [3.63, 3.8) is 0 Å². The summed E-state index contributed by atoms with van der Waals surface area (Å²) in [5.41, 5.74) is 0.734. The van der Waals surface area contributed by atoms with Gasteiger partial charge in [0, 0.05) is 30.1 Å². The van der Waals surface area contributed by atoms with E-state index in [1.807, 2.05) is 6.08 Å². The molecule has 178 valence electrons. The highest BCUT2D eigenvalue weighted by molar-refractivity contribution is 5.87. The predicted molar refractivity (Wildman–Crippen MR) is 119 cm³/mol. The number of rotatable bonds is 0. The number of allylic oxidation sites excluding steroid dienone is 1. The Morgan fingerprint density at radius 1 is 1.12 bits per heavy atom. The highest BCUT2D eigenvalue weighted by atomic mass is 16.7. The number of carbonyl (C=O) groups is 1. The minimum absolute atomic E-state index is 0.111. The predicted octanol–water partition coefficient (Wildman–Crippen LogP) is 3.86. The van der Waals surface area contributed by atoms with Crippen molar-refractivity contribution in [1.29, 1.82) is 0 Å². The number of ether oxygens (including phenoxy) is 2. The van der Waals surface area contributed by atoms with Gasteiger partial charge in [-0.1, -0.05) is 39.3 Å². The van der Waals surface area contributed by atoms with Crippen LogP contribution >= 0.6 is 0 Å². The number of hydrogen-bond donors (Lipinski definition) is 2. The first-order valence-corrected chi connectivity index (χ1v) is 13.0. The van der Waals surface area contributed by atoms with Gasteiger partial charge in [-0.25, -0.2) is 0 Å². The minimum atomic E-state index is -0.770. The summed E-state index contributed by atoms with van der Waals surface area (Å²) in [6.07, 6.45) is 6.73. The smallest absolute Gasteiger partial charge is 0.171 e. The van der Waals surface area contributed by atoms with Crippen molar-refractivity contribution in [1.82, 2.24) is 0 Å². The van der Waals surface area contributed by atoms with Crippen molar-refractivity contribution in [2.24, 2.45) is 46.3 Å². The third-order valence-corrected chi connectivity index (χ3v) is 11.3. The van der Waals surface area contributed by atoms with Crippen molar-refractivity contribution in [3.05, 3.63) is 11.6 Å². The van der Waals surface area contributed by atoms with E-state index in [1.165, 1.54) is 5.57 Å². The molecular weight excluding hydrogens is 404 g/mol. The average molecular weight is 445 g/mol. The molecule has 0 aromatic carbocycles. The Morgan fingerprint density at radius 2 is 1.91 bits per heavy atom. The molecule has 32 heavy (non-hydrogen) atoms. The zero-order valence-electron chi connectivity index (χ0n) is 20.0. The summed E-state index contributed by atoms with van der Waals surface area (Å²) < 4.78 is 13.1. The molecular formula is C27H40O5. The number of carbonyl (C=O) groups excluding carboxylic acids is 1. The minimum Gasteiger partial charge on any atom is -0.390 e. The standard InChI is InChI=1S/C27H40O5/c1-14-7-8-27(31-13-14)15(2)24-22(32-27)10-19-17-6-5-16-9-20(28)21(29)12-25(16,3)18(17)11-23(30)26(19,24)4/h9,14-15,17-22,24,28-29H,5-8,10-13H2,1-4H3/t14?,15-,17+,18-,19-,20?,21?,22-,24-,25-,26+,27+/m0/s1. The molecule has 6 rings (SSSR count). The van der Waals surface area contributed by atoms with Crippen molar-refractivity contribution in [2.75, 3.05) is 6.61 Å². The molecule has 12 atom stereocenters. The summed E-state index contributed by atoms with van der Waals surface area (Å²) in [7, 11) is 0. The Hall–Kier alpha value is -0.750. The zero-order valence-corrected chi connectivity index (χ0v) is 20.0. The van der Waals surface area contributed by atoms with E-state index in [4.69, 9.17) is 9.47 Å². The maximum Gasteiger partial charge on any atom is 0.171 e. The first-order chi connectivity index (χ1) is 15.1. The molecule has 5 nitrogen and oxygen atoms in total. The lowest BCUT2D eigenvalue weighted by atomic mass is 9.45. The van der Waals surface area contributed by atoms with E-state index in [9.17, 15) is 15.0 Å². The van der Waals surface area contributed by atoms with Gasteiger partial charge in [0.15, 0.2) is 5.79 Å². The summed E-state index contributed by atoms with van der Waals surface area (Å²) in [4.78, 5) is 14.0. The van der Waals surface area contributed by atoms with Crippen LogP contribution in [0.2, 0.25) is 0 Å². The number of hydrogen-bond acceptors (Lipinski definition) is 5. The largest absolute Gasteiger partial charge is 0.390 e. The molecule has 4 aliphatic carbocycles. The van der Waals surface area contributed by atoms with Crippen LogP contribution in [-0.2, 0) is 14.3 Å². The third-order valence-electron chi connectivity index (χ3n) is 11.3. The Morgan fingerprint density at radius 3 is 2.62 bits per heavy atom. The second-order valence-corrected chi connectivity index (χ2v) is 12.7. The van der Waals surface area contributed by atoms with Gasteiger partial charge in [-0.15, -0.1) is 0 Å². The van der Waals surface area contributed by atoms with Gasteiger partial charge in [-0.3, -0.25) is 4.79 Å². The molecule has 3 unspecified atom stereocenters. The second kappa shape index (κ2) is 6.90. The Bertz CT molecular complexity index is 843. The Labute approximate surface area is 191 Å². The van der Waals surface area contributed by atoms with Gasteiger partial charge in [-0.05, 0) is 61.2 Å². The molecule has 2 saturated heterocycles. The molecule has 3 saturated carbocycles. The summed E-state index contributed by atoms with van der Waals surface area (Å²) in [6, 6.07) is 0. The van der Waals surface area contributed by atoms with Gasteiger partial charge in [0.1, 0.15) is 5.78 Å². The zero-order chi connectivity index (χ0) is 22.6. The fourth-order valence-corrected chi connectivity index (χ4v) is 9.45. The number of ketones is 1. The van der Waals surface area contributed by atoms with Crippen molar-refractivity contribution < 1.29 is 24.5 Å². The average Bonchev–Trinajstić information content (AvgIpc) is 3.19. The molecule has 2 heterocycles. The summed E-state index contributed by atoms with van der Waals surface area (Å²) in [5, 5.41) is 20.7. The van der Waals surface area contributed by atoms with Crippen LogP contribution < -0.4 is 0 Å². The van der Waals surface area contributed by atoms with Gasteiger partial charge in [0.25, 0.3) is 0 Å². The molecule has 0 radical (unpaired) electrons. The van der Waals surface area contributed by atoms with Crippen LogP contribution in [-0.4, -0.2) is 46.7 Å². The first-order valence-electron chi connectivity index (χ1n) is 13.0. The van der Waals surface area contributed by atoms with E-state index in [2.05, 4.69) is 27.7 Å². The highest BCUT2D eigenvalue weighted by Gasteiger charge is 2.71. The van der Waals surface area contributed by atoms with E-state index in [-0.39, 0.29) is 34.7 Å². The molecule has 2 N–H and O–H groups in total. The highest BCUT2D eigenvalue weighted by Crippen LogP contribution is 2.69. The lowest BCUT2D eigenvalue weighted by Crippen LogP contribution is -2.57. The van der Waals surface area contributed by atoms with Crippen LogP contribution in [0.1, 0.15) is 72.6 Å². The monoisotopic (exact) mass is 444 g/mol. The molecule has 0 bridgehead atoms. The summed E-state index contributed by atoms with van der Waals surface area (Å²) in [5.74, 6) is 2.02. The van der Waals surface area contributed by atoms with Gasteiger partial charge >= 0.3 is 0 Å². The fraction of sp³-hybridized carbons (Fsp3) is 0.889. The quantitative estimate of drug-likeness (QED) is 0.555. The maximum absolute atomic E-state index is 14.0. The van der Waals surface area contributed by atoms with Crippen LogP contribution in [0.5, 0.6) is 0 Å². The summed E-state index contributed by atoms with van der Waals surface area (Å²) in [6.45, 7) is 9.75. The van der Waals surface area contributed by atoms with Gasteiger partial charge in [0.2, 0.25) is 0 Å². The molecule has 0 aromatic heterocycles. The first kappa shape index (κ1) is 21.8. The van der Waals surface area contributed by atoms with E-state index < -0.39 is 18.0 Å². The number of aliphatic hydroxyl groups excluding tert-OH is 2. The summed E-state index contributed by atoms with van der Waals surface area (Å²) >= 11 is 0. The number of aliphatic hydroxyl groups is 2. The van der Waals surface area contributed by atoms with E-state index in [0.717, 1.165) is 38.7 Å². The van der Waals surface area contributed by atoms with E-state index in [0.29, 0.717) is 36.4 Å². The molecule has 0 amide bonds. The second-order valence-electron chi connectivity index (χ2n) is 12.7. The van der Waals surface area contributed by atoms with Gasteiger partial charge < -0.3 is 19.7 Å². The van der Waals surface area contributed by atoms with Crippen LogP contribution in [0.25, 0.3) is 0 Å². The molecule has 0 aromatic rings. The van der Waals surface area contributed by atoms with Gasteiger partial charge in [-0.2, -0.15) is 0 Å². The van der Waals surface area contributed by atoms with E-state index >= 15 is 0 Å². The van der Waals surface area contributed by atoms with Crippen molar-refractivity contribution in [2.45, 2.75) is 96.7 Å². The molecule has 1 spiro atoms. The molecule has 6 aliphatic rings. The lowest BCUT2D eigenvalue weighted by Gasteiger charge is -2.58. The van der Waals surface area contributed by atoms with Gasteiger partial charge in [0.05, 0.1) is 24.9 Å². The Kier molecular flexibility index (Phi) is 4.69. The third kappa shape index (κ3) is 2.63. The molecule has 5 fully saturated rings. The number of fused-ring (bicyclic) bond motifs is 7. The molecule has 5 heteroatoms. The van der Waals surface area contributed by atoms with E-state index in [1.54, 1.807) is 0 Å². The van der Waals surface area contributed by atoms with Crippen LogP contribution in [0.3, 0.4) is 0 Å². The van der Waals surface area contributed by atoms with Crippen LogP contribution in [0.4, 0.5) is 0 Å². The van der Waals surface area contributed by atoms with Crippen molar-refractivity contribution >= 4 is 5.78 Å². The topological polar surface area (TPSA) is 76.0 Å². The number of Topliss-reactive ketones (excluding diaryl/α,β-unsaturated/α-hetero) is 1.